The van der Waals surface area contributed by atoms with Crippen molar-refractivity contribution in [1.82, 2.24) is 10.3 Å². The first-order valence-electron chi connectivity index (χ1n) is 8.01. The maximum absolute atomic E-state index is 5.26. The van der Waals surface area contributed by atoms with Crippen LogP contribution in [0, 0.1) is 0 Å². The number of rotatable bonds is 9. The Morgan fingerprint density at radius 2 is 2.14 bits per heavy atom. The second kappa shape index (κ2) is 7.56. The standard InChI is InChI=1S/C16H29N3OS/c1-6-11(2)15-14(9-17-13-7-8-13)21-16(18-15)19(4)12(3)10-20-5/h11-13,17H,6-10H2,1-5H3. The Bertz CT molecular complexity index is 445. The van der Waals surface area contributed by atoms with Crippen molar-refractivity contribution >= 4 is 16.5 Å². The predicted octanol–water partition coefficient (Wildman–Crippen LogP) is 3.38. The zero-order chi connectivity index (χ0) is 15.4. The van der Waals surface area contributed by atoms with Gasteiger partial charge in [0.15, 0.2) is 5.13 Å². The summed E-state index contributed by atoms with van der Waals surface area (Å²) in [5.41, 5.74) is 1.28. The molecule has 2 unspecified atom stereocenters. The molecule has 1 heterocycles. The number of anilines is 1. The van der Waals surface area contributed by atoms with Crippen molar-refractivity contribution in [2.24, 2.45) is 0 Å². The lowest BCUT2D eigenvalue weighted by molar-refractivity contribution is 0.183. The topological polar surface area (TPSA) is 37.4 Å². The summed E-state index contributed by atoms with van der Waals surface area (Å²) in [6, 6.07) is 1.08. The minimum atomic E-state index is 0.343. The molecule has 0 amide bonds. The van der Waals surface area contributed by atoms with Crippen LogP contribution in [-0.2, 0) is 11.3 Å². The van der Waals surface area contributed by atoms with E-state index in [0.717, 1.165) is 30.7 Å². The van der Waals surface area contributed by atoms with Crippen molar-refractivity contribution in [3.63, 3.8) is 0 Å². The number of nitrogens with zero attached hydrogens (tertiary/aromatic N) is 2. The largest absolute Gasteiger partial charge is 0.383 e. The van der Waals surface area contributed by atoms with E-state index in [1.807, 2.05) is 11.3 Å². The minimum absolute atomic E-state index is 0.343. The number of methoxy groups -OCH3 is 1. The maximum atomic E-state index is 5.26. The van der Waals surface area contributed by atoms with Crippen molar-refractivity contribution in [1.29, 1.82) is 0 Å². The summed E-state index contributed by atoms with van der Waals surface area (Å²) in [5.74, 6) is 0.525. The number of thiazole rings is 1. The molecule has 120 valence electrons. The van der Waals surface area contributed by atoms with Gasteiger partial charge in [0, 0.05) is 31.6 Å². The highest BCUT2D eigenvalue weighted by Gasteiger charge is 2.24. The van der Waals surface area contributed by atoms with Gasteiger partial charge >= 0.3 is 0 Å². The molecule has 0 spiro atoms. The Morgan fingerprint density at radius 1 is 1.43 bits per heavy atom. The molecular weight excluding hydrogens is 282 g/mol. The highest BCUT2D eigenvalue weighted by molar-refractivity contribution is 7.15. The first-order chi connectivity index (χ1) is 10.1. The minimum Gasteiger partial charge on any atom is -0.383 e. The number of nitrogens with one attached hydrogen (secondary N) is 1. The summed E-state index contributed by atoms with van der Waals surface area (Å²) < 4.78 is 5.26. The molecule has 0 aromatic carbocycles. The number of ether oxygens (including phenoxy) is 1. The van der Waals surface area contributed by atoms with Gasteiger partial charge in [0.25, 0.3) is 0 Å². The second-order valence-electron chi connectivity index (χ2n) is 6.18. The van der Waals surface area contributed by atoms with Gasteiger partial charge in [0.05, 0.1) is 18.3 Å². The van der Waals surface area contributed by atoms with E-state index in [1.165, 1.54) is 23.4 Å². The van der Waals surface area contributed by atoms with Crippen molar-refractivity contribution in [3.05, 3.63) is 10.6 Å². The Morgan fingerprint density at radius 3 is 2.71 bits per heavy atom. The fourth-order valence-corrected chi connectivity index (χ4v) is 3.47. The van der Waals surface area contributed by atoms with Gasteiger partial charge < -0.3 is 15.0 Å². The van der Waals surface area contributed by atoms with Crippen LogP contribution in [-0.4, -0.2) is 37.8 Å². The predicted molar refractivity (Wildman–Crippen MR) is 90.4 cm³/mol. The summed E-state index contributed by atoms with van der Waals surface area (Å²) in [5, 5.41) is 4.74. The fraction of sp³-hybridized carbons (Fsp3) is 0.812. The molecule has 0 aliphatic heterocycles. The van der Waals surface area contributed by atoms with Crippen LogP contribution in [0.25, 0.3) is 0 Å². The van der Waals surface area contributed by atoms with Crippen LogP contribution in [0.1, 0.15) is 56.5 Å². The van der Waals surface area contributed by atoms with Crippen LogP contribution in [0.2, 0.25) is 0 Å². The summed E-state index contributed by atoms with van der Waals surface area (Å²) in [6.07, 6.45) is 3.79. The lowest BCUT2D eigenvalue weighted by Crippen LogP contribution is -2.32. The lowest BCUT2D eigenvalue weighted by Gasteiger charge is -2.23. The zero-order valence-electron chi connectivity index (χ0n) is 14.0. The fourth-order valence-electron chi connectivity index (χ4n) is 2.27. The monoisotopic (exact) mass is 311 g/mol. The van der Waals surface area contributed by atoms with Gasteiger partial charge in [-0.3, -0.25) is 0 Å². The van der Waals surface area contributed by atoms with Gasteiger partial charge in [-0.05, 0) is 32.1 Å². The molecule has 1 aromatic rings. The average molecular weight is 311 g/mol. The molecule has 0 bridgehead atoms. The first kappa shape index (κ1) is 16.7. The number of likely N-dealkylation sites (N-methyl/N-ethyl adjacent to an activating group) is 1. The molecule has 0 saturated heterocycles. The SMILES string of the molecule is CCC(C)c1nc(N(C)C(C)COC)sc1CNC1CC1. The van der Waals surface area contributed by atoms with Gasteiger partial charge in [0.2, 0.25) is 0 Å². The smallest absolute Gasteiger partial charge is 0.185 e. The molecule has 1 aromatic heterocycles. The van der Waals surface area contributed by atoms with Gasteiger partial charge in [0.1, 0.15) is 0 Å². The van der Waals surface area contributed by atoms with Crippen molar-refractivity contribution in [3.8, 4) is 0 Å². The Hall–Kier alpha value is -0.650. The van der Waals surface area contributed by atoms with Crippen LogP contribution in [0.3, 0.4) is 0 Å². The first-order valence-corrected chi connectivity index (χ1v) is 8.83. The average Bonchev–Trinajstić information content (AvgIpc) is 3.22. The van der Waals surface area contributed by atoms with Gasteiger partial charge in [-0.25, -0.2) is 4.98 Å². The van der Waals surface area contributed by atoms with Crippen LogP contribution in [0.4, 0.5) is 5.13 Å². The number of hydrogen-bond donors (Lipinski definition) is 1. The lowest BCUT2D eigenvalue weighted by atomic mass is 10.0. The Kier molecular flexibility index (Phi) is 6.02. The Balaban J connectivity index is 2.13. The highest BCUT2D eigenvalue weighted by atomic mass is 32.1. The normalized spacial score (nSPS) is 17.8. The van der Waals surface area contributed by atoms with E-state index in [-0.39, 0.29) is 0 Å². The van der Waals surface area contributed by atoms with Gasteiger partial charge in [-0.2, -0.15) is 0 Å². The van der Waals surface area contributed by atoms with E-state index in [4.69, 9.17) is 9.72 Å². The summed E-state index contributed by atoms with van der Waals surface area (Å²) in [7, 11) is 3.86. The molecule has 1 aliphatic rings. The van der Waals surface area contributed by atoms with Gasteiger partial charge in [-0.15, -0.1) is 11.3 Å². The van der Waals surface area contributed by atoms with Crippen LogP contribution < -0.4 is 10.2 Å². The third-order valence-electron chi connectivity index (χ3n) is 4.29. The highest BCUT2D eigenvalue weighted by Crippen LogP contribution is 2.33. The molecule has 4 nitrogen and oxygen atoms in total. The van der Waals surface area contributed by atoms with E-state index in [2.05, 4.69) is 38.0 Å². The maximum Gasteiger partial charge on any atom is 0.185 e. The number of aromatic nitrogens is 1. The third-order valence-corrected chi connectivity index (χ3v) is 5.46. The second-order valence-corrected chi connectivity index (χ2v) is 7.25. The van der Waals surface area contributed by atoms with E-state index >= 15 is 0 Å². The van der Waals surface area contributed by atoms with E-state index in [0.29, 0.717) is 12.0 Å². The molecule has 2 atom stereocenters. The zero-order valence-corrected chi connectivity index (χ0v) is 14.8. The quantitative estimate of drug-likeness (QED) is 0.758. The summed E-state index contributed by atoms with van der Waals surface area (Å²) in [6.45, 7) is 8.38. The molecule has 1 aliphatic carbocycles. The van der Waals surface area contributed by atoms with Crippen molar-refractivity contribution in [2.45, 2.75) is 64.6 Å². The van der Waals surface area contributed by atoms with E-state index in [9.17, 15) is 0 Å². The third kappa shape index (κ3) is 4.41. The molecule has 1 N–H and O–H groups in total. The van der Waals surface area contributed by atoms with E-state index < -0.39 is 0 Å². The van der Waals surface area contributed by atoms with E-state index in [1.54, 1.807) is 7.11 Å². The van der Waals surface area contributed by atoms with Crippen molar-refractivity contribution in [2.75, 3.05) is 25.7 Å². The molecular formula is C16H29N3OS. The molecule has 21 heavy (non-hydrogen) atoms. The van der Waals surface area contributed by atoms with Crippen molar-refractivity contribution < 1.29 is 4.74 Å². The number of hydrogen-bond acceptors (Lipinski definition) is 5. The molecule has 2 rings (SSSR count). The Labute approximate surface area is 132 Å². The van der Waals surface area contributed by atoms with Crippen LogP contribution in [0.15, 0.2) is 0 Å². The summed E-state index contributed by atoms with van der Waals surface area (Å²) >= 11 is 1.83. The molecule has 0 radical (unpaired) electrons. The molecule has 1 saturated carbocycles. The van der Waals surface area contributed by atoms with Crippen LogP contribution in [0.5, 0.6) is 0 Å². The molecule has 1 fully saturated rings. The molecule has 5 heteroatoms. The van der Waals surface area contributed by atoms with Gasteiger partial charge in [-0.1, -0.05) is 13.8 Å². The van der Waals surface area contributed by atoms with Crippen LogP contribution >= 0.6 is 11.3 Å². The summed E-state index contributed by atoms with van der Waals surface area (Å²) in [4.78, 5) is 8.57.